The summed E-state index contributed by atoms with van der Waals surface area (Å²) in [5.74, 6) is -5.83. The average molecular weight is 366 g/mol. The number of aliphatic carboxylic acids is 1. The van der Waals surface area contributed by atoms with Gasteiger partial charge in [-0.2, -0.15) is 4.31 Å². The van der Waals surface area contributed by atoms with E-state index >= 15 is 0 Å². The zero-order chi connectivity index (χ0) is 18.1. The normalized spacial score (nSPS) is 17.4. The molecule has 6 nitrogen and oxygen atoms in total. The summed E-state index contributed by atoms with van der Waals surface area (Å²) in [5.41, 5.74) is 0. The SMILES string of the molecule is CN(CC(=O)O)C1CCN(S(=O)(=O)c2cc(F)c(F)c(F)c2)CC1. The molecular formula is C14H17F3N2O4S. The Labute approximate surface area is 137 Å². The second-order valence-corrected chi connectivity index (χ2v) is 7.58. The molecule has 1 aromatic carbocycles. The number of likely N-dealkylation sites (N-methyl/N-ethyl adjacent to an activating group) is 1. The molecule has 1 aliphatic heterocycles. The third-order valence-electron chi connectivity index (χ3n) is 4.03. The molecule has 0 saturated carbocycles. The number of benzene rings is 1. The molecule has 0 atom stereocenters. The Kier molecular flexibility index (Phi) is 5.51. The first kappa shape index (κ1) is 18.7. The number of hydrogen-bond donors (Lipinski definition) is 1. The highest BCUT2D eigenvalue weighted by atomic mass is 32.2. The van der Waals surface area contributed by atoms with Gasteiger partial charge >= 0.3 is 5.97 Å². The van der Waals surface area contributed by atoms with Gasteiger partial charge < -0.3 is 5.11 Å². The Balaban J connectivity index is 2.12. The van der Waals surface area contributed by atoms with Gasteiger partial charge in [-0.25, -0.2) is 21.6 Å². The molecule has 0 aliphatic carbocycles. The van der Waals surface area contributed by atoms with E-state index in [-0.39, 0.29) is 25.7 Å². The summed E-state index contributed by atoms with van der Waals surface area (Å²) in [6, 6.07) is 0.807. The van der Waals surface area contributed by atoms with E-state index < -0.39 is 38.3 Å². The number of halogens is 3. The highest BCUT2D eigenvalue weighted by Crippen LogP contribution is 2.25. The van der Waals surface area contributed by atoms with Crippen LogP contribution in [0.15, 0.2) is 17.0 Å². The first-order valence-corrected chi connectivity index (χ1v) is 8.63. The van der Waals surface area contributed by atoms with E-state index in [4.69, 9.17) is 5.11 Å². The third-order valence-corrected chi connectivity index (χ3v) is 5.90. The summed E-state index contributed by atoms with van der Waals surface area (Å²) in [4.78, 5) is 11.7. The van der Waals surface area contributed by atoms with Crippen LogP contribution in [0.2, 0.25) is 0 Å². The monoisotopic (exact) mass is 366 g/mol. The van der Waals surface area contributed by atoms with Crippen LogP contribution in [0, 0.1) is 17.5 Å². The quantitative estimate of drug-likeness (QED) is 0.795. The number of carbonyl (C=O) groups is 1. The first-order chi connectivity index (χ1) is 11.1. The molecule has 1 aliphatic rings. The van der Waals surface area contributed by atoms with Gasteiger partial charge in [-0.3, -0.25) is 9.69 Å². The van der Waals surface area contributed by atoms with Crippen LogP contribution in [0.25, 0.3) is 0 Å². The van der Waals surface area contributed by atoms with E-state index in [1.165, 1.54) is 0 Å². The number of piperidine rings is 1. The van der Waals surface area contributed by atoms with Gasteiger partial charge in [0.2, 0.25) is 10.0 Å². The molecule has 0 spiro atoms. The Hall–Kier alpha value is -1.65. The van der Waals surface area contributed by atoms with Crippen LogP contribution < -0.4 is 0 Å². The van der Waals surface area contributed by atoms with Crippen molar-refractivity contribution < 1.29 is 31.5 Å². The number of nitrogens with zero attached hydrogens (tertiary/aromatic N) is 2. The Bertz CT molecular complexity index is 711. The van der Waals surface area contributed by atoms with Gasteiger partial charge in [0.25, 0.3) is 0 Å². The molecule has 0 bridgehead atoms. The van der Waals surface area contributed by atoms with Gasteiger partial charge in [0, 0.05) is 19.1 Å². The Morgan fingerprint density at radius 3 is 2.21 bits per heavy atom. The van der Waals surface area contributed by atoms with Crippen molar-refractivity contribution in [2.75, 3.05) is 26.7 Å². The van der Waals surface area contributed by atoms with Crippen LogP contribution in [0.3, 0.4) is 0 Å². The second-order valence-electron chi connectivity index (χ2n) is 5.65. The van der Waals surface area contributed by atoms with E-state index in [0.717, 1.165) is 4.31 Å². The molecule has 1 saturated heterocycles. The molecule has 0 unspecified atom stereocenters. The molecule has 0 radical (unpaired) electrons. The fourth-order valence-electron chi connectivity index (χ4n) is 2.70. The summed E-state index contributed by atoms with van der Waals surface area (Å²) in [5, 5.41) is 8.77. The molecule has 2 rings (SSSR count). The zero-order valence-corrected chi connectivity index (χ0v) is 13.7. The van der Waals surface area contributed by atoms with Crippen LogP contribution >= 0.6 is 0 Å². The van der Waals surface area contributed by atoms with Crippen LogP contribution in [0.1, 0.15) is 12.8 Å². The number of rotatable bonds is 5. The summed E-state index contributed by atoms with van der Waals surface area (Å²) in [7, 11) is -2.51. The number of sulfonamides is 1. The predicted molar refractivity (Wildman–Crippen MR) is 78.4 cm³/mol. The molecule has 1 aromatic rings. The first-order valence-electron chi connectivity index (χ1n) is 7.19. The second kappa shape index (κ2) is 7.08. The van der Waals surface area contributed by atoms with Gasteiger partial charge in [-0.1, -0.05) is 0 Å². The van der Waals surface area contributed by atoms with Gasteiger partial charge in [-0.15, -0.1) is 0 Å². The number of hydrogen-bond acceptors (Lipinski definition) is 4. The maximum Gasteiger partial charge on any atom is 0.317 e. The summed E-state index contributed by atoms with van der Waals surface area (Å²) < 4.78 is 65.4. The van der Waals surface area contributed by atoms with E-state index in [0.29, 0.717) is 25.0 Å². The zero-order valence-electron chi connectivity index (χ0n) is 12.9. The summed E-state index contributed by atoms with van der Waals surface area (Å²) in [6.07, 6.45) is 0.768. The van der Waals surface area contributed by atoms with E-state index in [1.807, 2.05) is 0 Å². The van der Waals surface area contributed by atoms with Crippen molar-refractivity contribution in [2.45, 2.75) is 23.8 Å². The summed E-state index contributed by atoms with van der Waals surface area (Å²) >= 11 is 0. The van der Waals surface area contributed by atoms with Crippen LogP contribution in [0.5, 0.6) is 0 Å². The van der Waals surface area contributed by atoms with Gasteiger partial charge in [0.1, 0.15) is 0 Å². The van der Waals surface area contributed by atoms with E-state index in [2.05, 4.69) is 0 Å². The minimum Gasteiger partial charge on any atom is -0.480 e. The van der Waals surface area contributed by atoms with Crippen molar-refractivity contribution >= 4 is 16.0 Å². The molecule has 10 heteroatoms. The maximum absolute atomic E-state index is 13.3. The van der Waals surface area contributed by atoms with Gasteiger partial charge in [0.05, 0.1) is 11.4 Å². The van der Waals surface area contributed by atoms with Crippen molar-refractivity contribution in [2.24, 2.45) is 0 Å². The largest absolute Gasteiger partial charge is 0.480 e. The lowest BCUT2D eigenvalue weighted by molar-refractivity contribution is -0.138. The highest BCUT2D eigenvalue weighted by Gasteiger charge is 2.32. The van der Waals surface area contributed by atoms with Crippen molar-refractivity contribution in [3.63, 3.8) is 0 Å². The molecule has 1 fully saturated rings. The van der Waals surface area contributed by atoms with Gasteiger partial charge in [0.15, 0.2) is 17.5 Å². The maximum atomic E-state index is 13.3. The third kappa shape index (κ3) is 3.87. The van der Waals surface area contributed by atoms with Gasteiger partial charge in [-0.05, 0) is 32.0 Å². The smallest absolute Gasteiger partial charge is 0.317 e. The Morgan fingerprint density at radius 2 is 1.75 bits per heavy atom. The molecule has 0 amide bonds. The topological polar surface area (TPSA) is 77.9 Å². The van der Waals surface area contributed by atoms with E-state index in [1.54, 1.807) is 11.9 Å². The van der Waals surface area contributed by atoms with Crippen molar-refractivity contribution in [3.8, 4) is 0 Å². The summed E-state index contributed by atoms with van der Waals surface area (Å²) in [6.45, 7) is 0.000941. The average Bonchev–Trinajstić information content (AvgIpc) is 2.51. The molecule has 134 valence electrons. The van der Waals surface area contributed by atoms with Crippen molar-refractivity contribution in [1.82, 2.24) is 9.21 Å². The number of carboxylic acids is 1. The van der Waals surface area contributed by atoms with Crippen LogP contribution in [-0.4, -0.2) is 61.4 Å². The standard InChI is InChI=1S/C14H17F3N2O4S/c1-18(8-13(20)21)9-2-4-19(5-3-9)24(22,23)10-6-11(15)14(17)12(16)7-10/h6-7,9H,2-5,8H2,1H3,(H,20,21). The fraction of sp³-hybridized carbons (Fsp3) is 0.500. The fourth-order valence-corrected chi connectivity index (χ4v) is 4.19. The lowest BCUT2D eigenvalue weighted by atomic mass is 10.1. The van der Waals surface area contributed by atoms with Crippen molar-refractivity contribution in [3.05, 3.63) is 29.6 Å². The predicted octanol–water partition coefficient (Wildman–Crippen LogP) is 1.27. The minimum atomic E-state index is -4.14. The molecule has 24 heavy (non-hydrogen) atoms. The van der Waals surface area contributed by atoms with Crippen LogP contribution in [-0.2, 0) is 14.8 Å². The molecule has 0 aromatic heterocycles. The van der Waals surface area contributed by atoms with Crippen molar-refractivity contribution in [1.29, 1.82) is 0 Å². The minimum absolute atomic E-state index is 0.0809. The number of carboxylic acid groups (broad SMARTS) is 1. The van der Waals surface area contributed by atoms with Crippen LogP contribution in [0.4, 0.5) is 13.2 Å². The van der Waals surface area contributed by atoms with E-state index in [9.17, 15) is 26.4 Å². The lowest BCUT2D eigenvalue weighted by Gasteiger charge is -2.35. The lowest BCUT2D eigenvalue weighted by Crippen LogP contribution is -2.46. The molecular weight excluding hydrogens is 349 g/mol. The molecule has 1 heterocycles. The highest BCUT2D eigenvalue weighted by molar-refractivity contribution is 7.89. The Morgan fingerprint density at radius 1 is 1.25 bits per heavy atom. The molecule has 1 N–H and O–H groups in total.